The van der Waals surface area contributed by atoms with Crippen LogP contribution in [-0.2, 0) is 4.79 Å². The van der Waals surface area contributed by atoms with Gasteiger partial charge in [-0.3, -0.25) is 14.6 Å². The van der Waals surface area contributed by atoms with E-state index in [9.17, 15) is 4.79 Å². The number of amides is 1. The molecular formula is C20H39N5O. The van der Waals surface area contributed by atoms with Crippen LogP contribution in [0.4, 0.5) is 0 Å². The number of piperazine rings is 2. The van der Waals surface area contributed by atoms with E-state index in [1.807, 2.05) is 0 Å². The summed E-state index contributed by atoms with van der Waals surface area (Å²) in [5, 5.41) is 0. The fourth-order valence-electron chi connectivity index (χ4n) is 4.68. The van der Waals surface area contributed by atoms with Gasteiger partial charge in [0, 0.05) is 58.4 Å². The molecule has 0 atom stereocenters. The molecule has 0 aromatic rings. The summed E-state index contributed by atoms with van der Waals surface area (Å²) in [6.07, 6.45) is 6.76. The third-order valence-corrected chi connectivity index (χ3v) is 6.41. The van der Waals surface area contributed by atoms with Crippen molar-refractivity contribution in [1.29, 1.82) is 0 Å². The van der Waals surface area contributed by atoms with E-state index < -0.39 is 0 Å². The highest BCUT2D eigenvalue weighted by Gasteiger charge is 2.28. The van der Waals surface area contributed by atoms with Crippen LogP contribution >= 0.6 is 0 Å². The minimum Gasteiger partial charge on any atom is -0.339 e. The molecule has 0 radical (unpaired) electrons. The molecule has 0 bridgehead atoms. The molecule has 6 heteroatoms. The molecule has 0 N–H and O–H groups in total. The molecule has 3 fully saturated rings. The van der Waals surface area contributed by atoms with Gasteiger partial charge in [-0.1, -0.05) is 12.8 Å². The maximum absolute atomic E-state index is 12.7. The second kappa shape index (κ2) is 10.0. The molecule has 6 nitrogen and oxygen atoms in total. The molecule has 0 aromatic carbocycles. The fraction of sp³-hybridized carbons (Fsp3) is 0.950. The lowest BCUT2D eigenvalue weighted by Crippen LogP contribution is -2.55. The Morgan fingerprint density at radius 3 is 2.12 bits per heavy atom. The summed E-state index contributed by atoms with van der Waals surface area (Å²) in [6.45, 7) is 11.3. The van der Waals surface area contributed by atoms with Gasteiger partial charge in [-0.05, 0) is 46.4 Å². The molecule has 150 valence electrons. The van der Waals surface area contributed by atoms with Gasteiger partial charge in [0.1, 0.15) is 0 Å². The molecular weight excluding hydrogens is 326 g/mol. The van der Waals surface area contributed by atoms with Crippen molar-refractivity contribution in [3.8, 4) is 0 Å². The van der Waals surface area contributed by atoms with Crippen molar-refractivity contribution in [1.82, 2.24) is 24.5 Å². The van der Waals surface area contributed by atoms with Crippen LogP contribution in [0.5, 0.6) is 0 Å². The fourth-order valence-corrected chi connectivity index (χ4v) is 4.68. The zero-order valence-corrected chi connectivity index (χ0v) is 17.0. The monoisotopic (exact) mass is 365 g/mol. The van der Waals surface area contributed by atoms with Gasteiger partial charge in [-0.2, -0.15) is 0 Å². The van der Waals surface area contributed by atoms with Crippen molar-refractivity contribution in [3.63, 3.8) is 0 Å². The van der Waals surface area contributed by atoms with Crippen LogP contribution in [0.2, 0.25) is 0 Å². The smallest absolute Gasteiger partial charge is 0.236 e. The zero-order chi connectivity index (χ0) is 18.4. The predicted molar refractivity (Wildman–Crippen MR) is 106 cm³/mol. The standard InChI is InChI=1S/C20H39N5O/c1-21(2)8-5-9-22-10-12-23(13-11-22)18-20(26)25-16-14-24(15-17-25)19-6-3-4-7-19/h19H,3-18H2,1-2H3. The number of hydrogen-bond donors (Lipinski definition) is 0. The van der Waals surface area contributed by atoms with Crippen LogP contribution in [0.25, 0.3) is 0 Å². The summed E-state index contributed by atoms with van der Waals surface area (Å²) in [4.78, 5) is 24.6. The number of rotatable bonds is 7. The minimum absolute atomic E-state index is 0.345. The van der Waals surface area contributed by atoms with E-state index in [0.29, 0.717) is 12.5 Å². The highest BCUT2D eigenvalue weighted by molar-refractivity contribution is 5.78. The van der Waals surface area contributed by atoms with Gasteiger partial charge in [-0.25, -0.2) is 0 Å². The van der Waals surface area contributed by atoms with Crippen LogP contribution in [0, 0.1) is 0 Å². The lowest BCUT2D eigenvalue weighted by molar-refractivity contribution is -0.135. The van der Waals surface area contributed by atoms with Crippen molar-refractivity contribution < 1.29 is 4.79 Å². The molecule has 2 aliphatic heterocycles. The molecule has 3 rings (SSSR count). The predicted octanol–water partition coefficient (Wildman–Crippen LogP) is 0.643. The van der Waals surface area contributed by atoms with Gasteiger partial charge in [0.2, 0.25) is 5.91 Å². The highest BCUT2D eigenvalue weighted by atomic mass is 16.2. The van der Waals surface area contributed by atoms with E-state index in [2.05, 4.69) is 38.6 Å². The Labute approximate surface area is 160 Å². The normalized spacial score (nSPS) is 24.7. The van der Waals surface area contributed by atoms with E-state index in [0.717, 1.165) is 64.9 Å². The Morgan fingerprint density at radius 2 is 1.50 bits per heavy atom. The summed E-state index contributed by atoms with van der Waals surface area (Å²) in [7, 11) is 4.27. The van der Waals surface area contributed by atoms with Gasteiger partial charge in [0.15, 0.2) is 0 Å². The van der Waals surface area contributed by atoms with Crippen molar-refractivity contribution in [2.75, 3.05) is 86.1 Å². The SMILES string of the molecule is CN(C)CCCN1CCN(CC(=O)N2CCN(C3CCCC3)CC2)CC1. The average Bonchev–Trinajstić information content (AvgIpc) is 3.18. The Bertz CT molecular complexity index is 422. The summed E-state index contributed by atoms with van der Waals surface area (Å²) in [5.41, 5.74) is 0. The zero-order valence-electron chi connectivity index (χ0n) is 17.0. The van der Waals surface area contributed by atoms with Crippen LogP contribution in [0.3, 0.4) is 0 Å². The molecule has 26 heavy (non-hydrogen) atoms. The summed E-state index contributed by atoms with van der Waals surface area (Å²) >= 11 is 0. The first-order chi connectivity index (χ1) is 12.6. The van der Waals surface area contributed by atoms with Gasteiger partial charge in [0.05, 0.1) is 6.54 Å². The van der Waals surface area contributed by atoms with E-state index in [4.69, 9.17) is 0 Å². The van der Waals surface area contributed by atoms with Crippen LogP contribution in [-0.4, -0.2) is 123 Å². The Hall–Kier alpha value is -0.690. The number of hydrogen-bond acceptors (Lipinski definition) is 5. The average molecular weight is 366 g/mol. The molecule has 1 aliphatic carbocycles. The van der Waals surface area contributed by atoms with E-state index >= 15 is 0 Å². The molecule has 0 unspecified atom stereocenters. The second-order valence-electron chi connectivity index (χ2n) is 8.63. The van der Waals surface area contributed by atoms with Crippen molar-refractivity contribution in [2.45, 2.75) is 38.1 Å². The van der Waals surface area contributed by atoms with Gasteiger partial charge in [-0.15, -0.1) is 0 Å². The molecule has 0 aromatic heterocycles. The quantitative estimate of drug-likeness (QED) is 0.661. The molecule has 3 aliphatic rings. The molecule has 1 amide bonds. The van der Waals surface area contributed by atoms with Gasteiger partial charge in [0.25, 0.3) is 0 Å². The molecule has 0 spiro atoms. The summed E-state index contributed by atoms with van der Waals surface area (Å²) in [5.74, 6) is 0.345. The Kier molecular flexibility index (Phi) is 7.73. The molecule has 1 saturated carbocycles. The number of carbonyl (C=O) groups excluding carboxylic acids is 1. The Morgan fingerprint density at radius 1 is 0.885 bits per heavy atom. The third-order valence-electron chi connectivity index (χ3n) is 6.41. The van der Waals surface area contributed by atoms with Crippen LogP contribution in [0.1, 0.15) is 32.1 Å². The second-order valence-corrected chi connectivity index (χ2v) is 8.63. The minimum atomic E-state index is 0.345. The van der Waals surface area contributed by atoms with Crippen LogP contribution < -0.4 is 0 Å². The topological polar surface area (TPSA) is 33.3 Å². The number of nitrogens with zero attached hydrogens (tertiary/aromatic N) is 5. The maximum Gasteiger partial charge on any atom is 0.236 e. The first kappa shape index (κ1) is 20.1. The van der Waals surface area contributed by atoms with E-state index in [1.165, 1.54) is 38.6 Å². The first-order valence-corrected chi connectivity index (χ1v) is 10.7. The van der Waals surface area contributed by atoms with E-state index in [-0.39, 0.29) is 0 Å². The summed E-state index contributed by atoms with van der Waals surface area (Å²) < 4.78 is 0. The van der Waals surface area contributed by atoms with Crippen molar-refractivity contribution in [3.05, 3.63) is 0 Å². The van der Waals surface area contributed by atoms with Crippen molar-refractivity contribution >= 4 is 5.91 Å². The summed E-state index contributed by atoms with van der Waals surface area (Å²) in [6, 6.07) is 0.799. The lowest BCUT2D eigenvalue weighted by atomic mass is 10.2. The Balaban J connectivity index is 1.31. The van der Waals surface area contributed by atoms with Crippen molar-refractivity contribution in [2.24, 2.45) is 0 Å². The third kappa shape index (κ3) is 5.91. The first-order valence-electron chi connectivity index (χ1n) is 10.7. The lowest BCUT2D eigenvalue weighted by Gasteiger charge is -2.39. The van der Waals surface area contributed by atoms with E-state index in [1.54, 1.807) is 0 Å². The largest absolute Gasteiger partial charge is 0.339 e. The van der Waals surface area contributed by atoms with Crippen LogP contribution in [0.15, 0.2) is 0 Å². The van der Waals surface area contributed by atoms with Gasteiger partial charge >= 0.3 is 0 Å². The molecule has 2 heterocycles. The number of carbonyl (C=O) groups is 1. The maximum atomic E-state index is 12.7. The highest BCUT2D eigenvalue weighted by Crippen LogP contribution is 2.24. The van der Waals surface area contributed by atoms with Gasteiger partial charge < -0.3 is 14.7 Å². The molecule has 2 saturated heterocycles.